The summed E-state index contributed by atoms with van der Waals surface area (Å²) < 4.78 is 24.6. The van der Waals surface area contributed by atoms with Gasteiger partial charge in [-0.2, -0.15) is 0 Å². The number of carbonyl (C=O) groups excluding carboxylic acids is 1. The van der Waals surface area contributed by atoms with Crippen LogP contribution in [0.5, 0.6) is 5.75 Å². The van der Waals surface area contributed by atoms with Gasteiger partial charge in [-0.15, -0.1) is 0 Å². The number of rotatable bonds is 5. The fourth-order valence-electron chi connectivity index (χ4n) is 2.48. The van der Waals surface area contributed by atoms with Gasteiger partial charge in [-0.3, -0.25) is 4.79 Å². The molecule has 6 heteroatoms. The maximum Gasteiger partial charge on any atom is 0.262 e. The van der Waals surface area contributed by atoms with Crippen LogP contribution in [-0.2, 0) is 9.53 Å². The number of nitrogens with one attached hydrogen (secondary N) is 1. The van der Waals surface area contributed by atoms with Crippen LogP contribution in [0, 0.1) is 5.82 Å². The Hall–Kier alpha value is -2.60. The van der Waals surface area contributed by atoms with Crippen molar-refractivity contribution < 1.29 is 18.7 Å². The zero-order valence-corrected chi connectivity index (χ0v) is 13.2. The first kappa shape index (κ1) is 16.3. The summed E-state index contributed by atoms with van der Waals surface area (Å²) in [6, 6.07) is 13.7. The highest BCUT2D eigenvalue weighted by Crippen LogP contribution is 2.23. The molecule has 0 radical (unpaired) electrons. The van der Waals surface area contributed by atoms with Crippen molar-refractivity contribution in [3.05, 3.63) is 54.3 Å². The second-order valence-electron chi connectivity index (χ2n) is 5.41. The van der Waals surface area contributed by atoms with Gasteiger partial charge in [-0.05, 0) is 30.3 Å². The summed E-state index contributed by atoms with van der Waals surface area (Å²) in [4.78, 5) is 14.1. The Kier molecular flexibility index (Phi) is 5.28. The molecule has 0 bridgehead atoms. The van der Waals surface area contributed by atoms with Crippen LogP contribution in [0.15, 0.2) is 48.5 Å². The normalized spacial score (nSPS) is 14.3. The van der Waals surface area contributed by atoms with Crippen LogP contribution in [0.1, 0.15) is 0 Å². The third-order valence-electron chi connectivity index (χ3n) is 3.71. The molecule has 5 nitrogen and oxygen atoms in total. The van der Waals surface area contributed by atoms with E-state index in [-0.39, 0.29) is 12.3 Å². The summed E-state index contributed by atoms with van der Waals surface area (Å²) in [6.07, 6.45) is 0. The monoisotopic (exact) mass is 330 g/mol. The van der Waals surface area contributed by atoms with Gasteiger partial charge in [0.1, 0.15) is 11.6 Å². The highest BCUT2D eigenvalue weighted by molar-refractivity contribution is 5.92. The number of carbonyl (C=O) groups is 1. The summed E-state index contributed by atoms with van der Waals surface area (Å²) in [5.74, 6) is -0.285. The average molecular weight is 330 g/mol. The molecule has 24 heavy (non-hydrogen) atoms. The second kappa shape index (κ2) is 7.79. The summed E-state index contributed by atoms with van der Waals surface area (Å²) in [7, 11) is 0. The fourth-order valence-corrected chi connectivity index (χ4v) is 2.48. The standard InChI is InChI=1S/C18H19FN2O3/c19-16-7-6-14(21-8-10-23-11-9-21)12-17(16)20-18(22)13-24-15-4-2-1-3-5-15/h1-7,12H,8-11,13H2,(H,20,22). The number of hydrogen-bond acceptors (Lipinski definition) is 4. The molecule has 1 N–H and O–H groups in total. The second-order valence-corrected chi connectivity index (χ2v) is 5.41. The van der Waals surface area contributed by atoms with Crippen molar-refractivity contribution in [1.82, 2.24) is 0 Å². The van der Waals surface area contributed by atoms with E-state index >= 15 is 0 Å². The fraction of sp³-hybridized carbons (Fsp3) is 0.278. The minimum absolute atomic E-state index is 0.153. The number of morpholine rings is 1. The Bertz CT molecular complexity index is 688. The van der Waals surface area contributed by atoms with Crippen LogP contribution >= 0.6 is 0 Å². The first-order valence-corrected chi connectivity index (χ1v) is 7.82. The number of benzene rings is 2. The van der Waals surface area contributed by atoms with Crippen molar-refractivity contribution in [2.45, 2.75) is 0 Å². The van der Waals surface area contributed by atoms with Crippen molar-refractivity contribution in [1.29, 1.82) is 0 Å². The summed E-state index contributed by atoms with van der Waals surface area (Å²) >= 11 is 0. The van der Waals surface area contributed by atoms with E-state index in [0.29, 0.717) is 19.0 Å². The predicted molar refractivity (Wildman–Crippen MR) is 90.0 cm³/mol. The highest BCUT2D eigenvalue weighted by Gasteiger charge is 2.14. The molecule has 0 spiro atoms. The van der Waals surface area contributed by atoms with Gasteiger partial charge >= 0.3 is 0 Å². The molecule has 1 amide bonds. The molecule has 0 saturated carbocycles. The predicted octanol–water partition coefficient (Wildman–Crippen LogP) is 2.68. The minimum Gasteiger partial charge on any atom is -0.484 e. The number of ether oxygens (including phenoxy) is 2. The van der Waals surface area contributed by atoms with Gasteiger partial charge in [-0.1, -0.05) is 18.2 Å². The smallest absolute Gasteiger partial charge is 0.262 e. The molecule has 0 atom stereocenters. The van der Waals surface area contributed by atoms with Gasteiger partial charge in [0, 0.05) is 18.8 Å². The topological polar surface area (TPSA) is 50.8 Å². The zero-order chi connectivity index (χ0) is 16.8. The van der Waals surface area contributed by atoms with E-state index in [9.17, 15) is 9.18 Å². The summed E-state index contributed by atoms with van der Waals surface area (Å²) in [5.41, 5.74) is 1.01. The van der Waals surface area contributed by atoms with E-state index in [4.69, 9.17) is 9.47 Å². The molecular formula is C18H19FN2O3. The number of para-hydroxylation sites is 1. The Morgan fingerprint density at radius 1 is 1.17 bits per heavy atom. The Morgan fingerprint density at radius 2 is 1.92 bits per heavy atom. The van der Waals surface area contributed by atoms with Crippen molar-refractivity contribution in [3.8, 4) is 5.75 Å². The third kappa shape index (κ3) is 4.23. The van der Waals surface area contributed by atoms with Gasteiger partial charge in [0.05, 0.1) is 18.9 Å². The van der Waals surface area contributed by atoms with E-state index in [1.54, 1.807) is 24.3 Å². The van der Waals surface area contributed by atoms with Crippen molar-refractivity contribution in [2.24, 2.45) is 0 Å². The molecule has 0 unspecified atom stereocenters. The van der Waals surface area contributed by atoms with E-state index < -0.39 is 11.7 Å². The van der Waals surface area contributed by atoms with Crippen LogP contribution < -0.4 is 15.0 Å². The molecule has 2 aromatic carbocycles. The number of halogens is 1. The Morgan fingerprint density at radius 3 is 2.67 bits per heavy atom. The van der Waals surface area contributed by atoms with Crippen LogP contribution in [0.4, 0.5) is 15.8 Å². The molecule has 126 valence electrons. The van der Waals surface area contributed by atoms with E-state index in [0.717, 1.165) is 18.8 Å². The minimum atomic E-state index is -0.472. The maximum absolute atomic E-state index is 14.0. The lowest BCUT2D eigenvalue weighted by molar-refractivity contribution is -0.118. The number of hydrogen-bond donors (Lipinski definition) is 1. The Labute approximate surface area is 140 Å². The van der Waals surface area contributed by atoms with Crippen molar-refractivity contribution in [3.63, 3.8) is 0 Å². The van der Waals surface area contributed by atoms with Gasteiger partial charge in [0.2, 0.25) is 0 Å². The van der Waals surface area contributed by atoms with Crippen molar-refractivity contribution in [2.75, 3.05) is 43.1 Å². The molecule has 1 fully saturated rings. The lowest BCUT2D eigenvalue weighted by atomic mass is 10.2. The molecule has 0 aliphatic carbocycles. The summed E-state index contributed by atoms with van der Waals surface area (Å²) in [6.45, 7) is 2.60. The Balaban J connectivity index is 1.62. The molecule has 2 aromatic rings. The average Bonchev–Trinajstić information content (AvgIpc) is 2.63. The molecular weight excluding hydrogens is 311 g/mol. The highest BCUT2D eigenvalue weighted by atomic mass is 19.1. The van der Waals surface area contributed by atoms with Gasteiger partial charge in [0.25, 0.3) is 5.91 Å². The molecule has 0 aromatic heterocycles. The zero-order valence-electron chi connectivity index (χ0n) is 13.2. The largest absolute Gasteiger partial charge is 0.484 e. The SMILES string of the molecule is O=C(COc1ccccc1)Nc1cc(N2CCOCC2)ccc1F. The van der Waals surface area contributed by atoms with E-state index in [2.05, 4.69) is 10.2 Å². The molecule has 1 aliphatic rings. The summed E-state index contributed by atoms with van der Waals surface area (Å²) in [5, 5.41) is 2.56. The number of nitrogens with zero attached hydrogens (tertiary/aromatic N) is 1. The van der Waals surface area contributed by atoms with Gasteiger partial charge in [-0.25, -0.2) is 4.39 Å². The number of amides is 1. The molecule has 3 rings (SSSR count). The van der Waals surface area contributed by atoms with Gasteiger partial charge in [0.15, 0.2) is 6.61 Å². The van der Waals surface area contributed by atoms with Crippen molar-refractivity contribution >= 4 is 17.3 Å². The van der Waals surface area contributed by atoms with E-state index in [1.165, 1.54) is 6.07 Å². The van der Waals surface area contributed by atoms with E-state index in [1.807, 2.05) is 18.2 Å². The quantitative estimate of drug-likeness (QED) is 0.916. The van der Waals surface area contributed by atoms with Crippen LogP contribution in [0.3, 0.4) is 0 Å². The molecule has 1 saturated heterocycles. The van der Waals surface area contributed by atoms with Crippen LogP contribution in [-0.4, -0.2) is 38.8 Å². The van der Waals surface area contributed by atoms with Crippen LogP contribution in [0.2, 0.25) is 0 Å². The third-order valence-corrected chi connectivity index (χ3v) is 3.71. The lowest BCUT2D eigenvalue weighted by Gasteiger charge is -2.29. The first-order valence-electron chi connectivity index (χ1n) is 7.82. The lowest BCUT2D eigenvalue weighted by Crippen LogP contribution is -2.36. The molecule has 1 heterocycles. The van der Waals surface area contributed by atoms with Crippen LogP contribution in [0.25, 0.3) is 0 Å². The number of anilines is 2. The first-order chi connectivity index (χ1) is 11.7. The molecule has 1 aliphatic heterocycles. The maximum atomic E-state index is 14.0. The van der Waals surface area contributed by atoms with Gasteiger partial charge < -0.3 is 19.7 Å².